The number of benzene rings is 1. The van der Waals surface area contributed by atoms with Crippen LogP contribution in [-0.2, 0) is 20.9 Å². The summed E-state index contributed by atoms with van der Waals surface area (Å²) in [6, 6.07) is 9.99. The quantitative estimate of drug-likeness (QED) is 0.631. The Morgan fingerprint density at radius 2 is 1.85 bits per heavy atom. The van der Waals surface area contributed by atoms with Gasteiger partial charge in [-0.15, -0.1) is 0 Å². The van der Waals surface area contributed by atoms with Crippen molar-refractivity contribution in [2.24, 2.45) is 0 Å². The molecule has 1 saturated heterocycles. The van der Waals surface area contributed by atoms with Crippen molar-refractivity contribution in [1.29, 1.82) is 0 Å². The molecule has 0 radical (unpaired) electrons. The molecule has 0 atom stereocenters. The van der Waals surface area contributed by atoms with Gasteiger partial charge in [0.2, 0.25) is 0 Å². The SMILES string of the molecule is O=C1CC(c2cnn(Cc3ccccc3)c2)CC(=O)O1. The van der Waals surface area contributed by atoms with Gasteiger partial charge in [-0.25, -0.2) is 0 Å². The molecule has 0 aliphatic carbocycles. The van der Waals surface area contributed by atoms with E-state index in [1.807, 2.05) is 41.2 Å². The normalized spacial score (nSPS) is 16.2. The van der Waals surface area contributed by atoms with Crippen molar-refractivity contribution in [3.05, 3.63) is 53.9 Å². The zero-order chi connectivity index (χ0) is 13.9. The third kappa shape index (κ3) is 2.77. The Kier molecular flexibility index (Phi) is 3.33. The number of nitrogens with zero attached hydrogens (tertiary/aromatic N) is 2. The minimum absolute atomic E-state index is 0.117. The maximum Gasteiger partial charge on any atom is 0.314 e. The van der Waals surface area contributed by atoms with Crippen LogP contribution in [0.15, 0.2) is 42.7 Å². The molecule has 2 heterocycles. The van der Waals surface area contributed by atoms with Gasteiger partial charge in [0.05, 0.1) is 25.6 Å². The summed E-state index contributed by atoms with van der Waals surface area (Å²) < 4.78 is 6.35. The van der Waals surface area contributed by atoms with Gasteiger partial charge in [0.15, 0.2) is 0 Å². The van der Waals surface area contributed by atoms with E-state index in [0.29, 0.717) is 6.54 Å². The van der Waals surface area contributed by atoms with Gasteiger partial charge in [0.25, 0.3) is 0 Å². The van der Waals surface area contributed by atoms with E-state index in [9.17, 15) is 9.59 Å². The molecule has 1 aliphatic heterocycles. The van der Waals surface area contributed by atoms with Crippen LogP contribution in [-0.4, -0.2) is 21.7 Å². The first-order chi connectivity index (χ1) is 9.70. The molecule has 1 aliphatic rings. The van der Waals surface area contributed by atoms with Crippen LogP contribution in [0.3, 0.4) is 0 Å². The first kappa shape index (κ1) is 12.6. The van der Waals surface area contributed by atoms with Crippen LogP contribution in [0, 0.1) is 0 Å². The molecule has 1 fully saturated rings. The first-order valence-electron chi connectivity index (χ1n) is 6.50. The monoisotopic (exact) mass is 270 g/mol. The molecular formula is C15H14N2O3. The van der Waals surface area contributed by atoms with Crippen molar-refractivity contribution < 1.29 is 14.3 Å². The molecule has 0 unspecified atom stereocenters. The Labute approximate surface area is 116 Å². The number of hydrogen-bond donors (Lipinski definition) is 0. The highest BCUT2D eigenvalue weighted by Crippen LogP contribution is 2.27. The first-order valence-corrected chi connectivity index (χ1v) is 6.50. The maximum absolute atomic E-state index is 11.3. The lowest BCUT2D eigenvalue weighted by atomic mass is 9.94. The molecule has 0 saturated carbocycles. The van der Waals surface area contributed by atoms with Gasteiger partial charge < -0.3 is 4.74 Å². The van der Waals surface area contributed by atoms with Gasteiger partial charge >= 0.3 is 11.9 Å². The fourth-order valence-corrected chi connectivity index (χ4v) is 2.37. The van der Waals surface area contributed by atoms with Crippen molar-refractivity contribution >= 4 is 11.9 Å². The van der Waals surface area contributed by atoms with Crippen molar-refractivity contribution in [2.45, 2.75) is 25.3 Å². The average molecular weight is 270 g/mol. The number of rotatable bonds is 3. The second kappa shape index (κ2) is 5.28. The minimum Gasteiger partial charge on any atom is -0.393 e. The second-order valence-electron chi connectivity index (χ2n) is 4.91. The third-order valence-electron chi connectivity index (χ3n) is 3.37. The molecule has 0 bridgehead atoms. The van der Waals surface area contributed by atoms with Crippen LogP contribution in [0.2, 0.25) is 0 Å². The Morgan fingerprint density at radius 1 is 1.15 bits per heavy atom. The summed E-state index contributed by atoms with van der Waals surface area (Å²) in [7, 11) is 0. The Bertz CT molecular complexity index is 618. The predicted octanol–water partition coefficient (Wildman–Crippen LogP) is 1.88. The van der Waals surface area contributed by atoms with Crippen molar-refractivity contribution in [1.82, 2.24) is 9.78 Å². The van der Waals surface area contributed by atoms with E-state index >= 15 is 0 Å². The fraction of sp³-hybridized carbons (Fsp3) is 0.267. The number of cyclic esters (lactones) is 2. The lowest BCUT2D eigenvalue weighted by Gasteiger charge is -2.18. The summed E-state index contributed by atoms with van der Waals surface area (Å²) >= 11 is 0. The maximum atomic E-state index is 11.3. The topological polar surface area (TPSA) is 61.2 Å². The molecule has 5 heteroatoms. The van der Waals surface area contributed by atoms with Crippen molar-refractivity contribution in [2.75, 3.05) is 0 Å². The van der Waals surface area contributed by atoms with Gasteiger partial charge in [-0.1, -0.05) is 30.3 Å². The lowest BCUT2D eigenvalue weighted by Crippen LogP contribution is -2.24. The van der Waals surface area contributed by atoms with E-state index in [2.05, 4.69) is 9.84 Å². The van der Waals surface area contributed by atoms with Gasteiger partial charge in [-0.05, 0) is 11.1 Å². The number of carbonyl (C=O) groups excluding carboxylic acids is 2. The van der Waals surface area contributed by atoms with Gasteiger partial charge in [-0.3, -0.25) is 14.3 Å². The number of carbonyl (C=O) groups is 2. The van der Waals surface area contributed by atoms with Gasteiger partial charge in [0.1, 0.15) is 0 Å². The summed E-state index contributed by atoms with van der Waals surface area (Å²) in [5.41, 5.74) is 2.06. The van der Waals surface area contributed by atoms with E-state index in [1.54, 1.807) is 6.20 Å². The van der Waals surface area contributed by atoms with Crippen LogP contribution in [0.4, 0.5) is 0 Å². The van der Waals surface area contributed by atoms with E-state index in [-0.39, 0.29) is 18.8 Å². The van der Waals surface area contributed by atoms with E-state index in [4.69, 9.17) is 0 Å². The van der Waals surface area contributed by atoms with Crippen molar-refractivity contribution in [3.8, 4) is 0 Å². The average Bonchev–Trinajstić information content (AvgIpc) is 2.87. The molecule has 2 aromatic rings. The molecule has 0 amide bonds. The van der Waals surface area contributed by atoms with Crippen LogP contribution >= 0.6 is 0 Å². The van der Waals surface area contributed by atoms with Crippen molar-refractivity contribution in [3.63, 3.8) is 0 Å². The molecule has 5 nitrogen and oxygen atoms in total. The highest BCUT2D eigenvalue weighted by molar-refractivity contribution is 5.89. The van der Waals surface area contributed by atoms with Gasteiger partial charge in [0, 0.05) is 12.1 Å². The summed E-state index contributed by atoms with van der Waals surface area (Å²) in [6.07, 6.45) is 4.09. The van der Waals surface area contributed by atoms with Crippen LogP contribution in [0.5, 0.6) is 0 Å². The predicted molar refractivity (Wildman–Crippen MR) is 70.8 cm³/mol. The lowest BCUT2D eigenvalue weighted by molar-refractivity contribution is -0.163. The van der Waals surface area contributed by atoms with Crippen LogP contribution in [0.25, 0.3) is 0 Å². The number of ether oxygens (including phenoxy) is 1. The third-order valence-corrected chi connectivity index (χ3v) is 3.37. The molecular weight excluding hydrogens is 256 g/mol. The number of aromatic nitrogens is 2. The summed E-state index contributed by atoms with van der Waals surface area (Å²) in [6.45, 7) is 0.673. The Morgan fingerprint density at radius 3 is 2.55 bits per heavy atom. The molecule has 0 spiro atoms. The number of esters is 2. The van der Waals surface area contributed by atoms with Crippen LogP contribution < -0.4 is 0 Å². The minimum atomic E-state index is -0.456. The van der Waals surface area contributed by atoms with Gasteiger partial charge in [-0.2, -0.15) is 5.10 Å². The molecule has 1 aromatic carbocycles. The van der Waals surface area contributed by atoms with E-state index in [1.165, 1.54) is 0 Å². The zero-order valence-corrected chi connectivity index (χ0v) is 10.9. The Balaban J connectivity index is 1.73. The molecule has 102 valence electrons. The van der Waals surface area contributed by atoms with E-state index in [0.717, 1.165) is 11.1 Å². The highest BCUT2D eigenvalue weighted by Gasteiger charge is 2.29. The Hall–Kier alpha value is -2.43. The molecule has 0 N–H and O–H groups in total. The molecule has 20 heavy (non-hydrogen) atoms. The fourth-order valence-electron chi connectivity index (χ4n) is 2.37. The van der Waals surface area contributed by atoms with Crippen LogP contribution in [0.1, 0.15) is 29.9 Å². The second-order valence-corrected chi connectivity index (χ2v) is 4.91. The summed E-state index contributed by atoms with van der Waals surface area (Å²) in [4.78, 5) is 22.6. The molecule has 3 rings (SSSR count). The summed E-state index contributed by atoms with van der Waals surface area (Å²) in [5, 5.41) is 4.29. The smallest absolute Gasteiger partial charge is 0.314 e. The van der Waals surface area contributed by atoms with E-state index < -0.39 is 11.9 Å². The standard InChI is InChI=1S/C15H14N2O3/c18-14-6-12(7-15(19)20-14)13-8-16-17(10-13)9-11-4-2-1-3-5-11/h1-5,8,10,12H,6-7,9H2. The highest BCUT2D eigenvalue weighted by atomic mass is 16.6. The summed E-state index contributed by atoms with van der Waals surface area (Å²) in [5.74, 6) is -1.03. The number of hydrogen-bond acceptors (Lipinski definition) is 4. The largest absolute Gasteiger partial charge is 0.393 e. The molecule has 1 aromatic heterocycles. The zero-order valence-electron chi connectivity index (χ0n) is 10.9.